The van der Waals surface area contributed by atoms with Gasteiger partial charge in [-0.1, -0.05) is 17.7 Å². The predicted octanol–water partition coefficient (Wildman–Crippen LogP) is 3.15. The van der Waals surface area contributed by atoms with Crippen molar-refractivity contribution < 1.29 is 13.2 Å². The minimum absolute atomic E-state index is 0.132. The summed E-state index contributed by atoms with van der Waals surface area (Å²) in [7, 11) is -0.602. The van der Waals surface area contributed by atoms with Crippen LogP contribution >= 0.6 is 11.6 Å². The highest BCUT2D eigenvalue weighted by molar-refractivity contribution is 7.89. The number of halogens is 1. The Bertz CT molecular complexity index is 831. The molecule has 7 heteroatoms. The number of nitrogens with one attached hydrogen (secondary N) is 1. The summed E-state index contributed by atoms with van der Waals surface area (Å²) in [5.74, 6) is -0.357. The molecule has 0 radical (unpaired) electrons. The van der Waals surface area contributed by atoms with Crippen LogP contribution in [0.5, 0.6) is 0 Å². The van der Waals surface area contributed by atoms with Gasteiger partial charge in [0.2, 0.25) is 10.0 Å². The van der Waals surface area contributed by atoms with Crippen LogP contribution in [0.3, 0.4) is 0 Å². The van der Waals surface area contributed by atoms with E-state index in [1.54, 1.807) is 12.1 Å². The van der Waals surface area contributed by atoms with E-state index < -0.39 is 10.0 Å². The van der Waals surface area contributed by atoms with Crippen LogP contribution < -0.4 is 5.32 Å². The zero-order chi connectivity index (χ0) is 17.2. The van der Waals surface area contributed by atoms with Crippen molar-refractivity contribution in [2.75, 3.05) is 19.4 Å². The largest absolute Gasteiger partial charge is 0.321 e. The zero-order valence-corrected chi connectivity index (χ0v) is 14.6. The number of rotatable bonds is 4. The van der Waals surface area contributed by atoms with Crippen LogP contribution in [-0.2, 0) is 10.0 Å². The first kappa shape index (κ1) is 17.5. The predicted molar refractivity (Wildman–Crippen MR) is 91.5 cm³/mol. The summed E-state index contributed by atoms with van der Waals surface area (Å²) in [6, 6.07) is 11.1. The van der Waals surface area contributed by atoms with Crippen molar-refractivity contribution in [1.82, 2.24) is 4.31 Å². The van der Waals surface area contributed by atoms with Gasteiger partial charge in [0.05, 0.1) is 15.6 Å². The Morgan fingerprint density at radius 3 is 2.22 bits per heavy atom. The van der Waals surface area contributed by atoms with E-state index in [-0.39, 0.29) is 10.8 Å². The molecule has 0 unspecified atom stereocenters. The molecule has 1 amide bonds. The Labute approximate surface area is 140 Å². The second-order valence-corrected chi connectivity index (χ2v) is 7.81. The Morgan fingerprint density at radius 1 is 1.09 bits per heavy atom. The first-order chi connectivity index (χ1) is 10.7. The van der Waals surface area contributed by atoms with Gasteiger partial charge in [-0.15, -0.1) is 0 Å². The van der Waals surface area contributed by atoms with Gasteiger partial charge in [-0.25, -0.2) is 12.7 Å². The van der Waals surface area contributed by atoms with Crippen LogP contribution in [-0.4, -0.2) is 32.7 Å². The van der Waals surface area contributed by atoms with Crippen LogP contribution in [0.2, 0.25) is 5.02 Å². The van der Waals surface area contributed by atoms with E-state index in [1.165, 1.54) is 38.4 Å². The van der Waals surface area contributed by atoms with E-state index in [0.29, 0.717) is 16.3 Å². The first-order valence-corrected chi connectivity index (χ1v) is 8.63. The van der Waals surface area contributed by atoms with Crippen molar-refractivity contribution in [3.8, 4) is 0 Å². The minimum Gasteiger partial charge on any atom is -0.321 e. The normalized spacial score (nSPS) is 11.5. The lowest BCUT2D eigenvalue weighted by molar-refractivity contribution is 0.102. The molecule has 0 fully saturated rings. The van der Waals surface area contributed by atoms with Gasteiger partial charge in [-0.2, -0.15) is 0 Å². The molecule has 2 aromatic carbocycles. The van der Waals surface area contributed by atoms with Gasteiger partial charge in [-0.05, 0) is 48.9 Å². The maximum atomic E-state index is 12.2. The molecule has 0 aromatic heterocycles. The third-order valence-corrected chi connectivity index (χ3v) is 5.41. The van der Waals surface area contributed by atoms with Crippen LogP contribution in [0, 0.1) is 6.92 Å². The number of benzene rings is 2. The summed E-state index contributed by atoms with van der Waals surface area (Å²) in [6.45, 7) is 1.90. The number of hydrogen-bond donors (Lipinski definition) is 1. The van der Waals surface area contributed by atoms with E-state index in [2.05, 4.69) is 5.32 Å². The average molecular weight is 353 g/mol. The van der Waals surface area contributed by atoms with E-state index in [1.807, 2.05) is 13.0 Å². The van der Waals surface area contributed by atoms with Gasteiger partial charge < -0.3 is 5.32 Å². The third kappa shape index (κ3) is 3.90. The molecule has 122 valence electrons. The van der Waals surface area contributed by atoms with E-state index >= 15 is 0 Å². The summed E-state index contributed by atoms with van der Waals surface area (Å²) in [4.78, 5) is 12.3. The maximum Gasteiger partial charge on any atom is 0.255 e. The molecule has 0 aliphatic rings. The number of carbonyl (C=O) groups is 1. The van der Waals surface area contributed by atoms with Crippen molar-refractivity contribution >= 4 is 33.2 Å². The molecule has 2 aromatic rings. The van der Waals surface area contributed by atoms with Crippen molar-refractivity contribution in [3.05, 3.63) is 58.6 Å². The molecule has 5 nitrogen and oxygen atoms in total. The fourth-order valence-electron chi connectivity index (χ4n) is 1.91. The molecule has 2 rings (SSSR count). The molecule has 0 saturated carbocycles. The number of anilines is 1. The highest BCUT2D eigenvalue weighted by atomic mass is 35.5. The van der Waals surface area contributed by atoms with E-state index in [9.17, 15) is 13.2 Å². The molecule has 23 heavy (non-hydrogen) atoms. The summed E-state index contributed by atoms with van der Waals surface area (Å²) >= 11 is 6.08. The fraction of sp³-hybridized carbons (Fsp3) is 0.188. The molecule has 1 N–H and O–H groups in total. The molecular formula is C16H17ClN2O3S. The second kappa shape index (κ2) is 6.70. The molecule has 0 aliphatic carbocycles. The maximum absolute atomic E-state index is 12.2. The highest BCUT2D eigenvalue weighted by Gasteiger charge is 2.17. The molecule has 0 saturated heterocycles. The summed E-state index contributed by atoms with van der Waals surface area (Å²) in [6.07, 6.45) is 0. The Kier molecular flexibility index (Phi) is 5.09. The lowest BCUT2D eigenvalue weighted by atomic mass is 10.2. The monoisotopic (exact) mass is 352 g/mol. The van der Waals surface area contributed by atoms with Gasteiger partial charge in [0, 0.05) is 19.7 Å². The van der Waals surface area contributed by atoms with Gasteiger partial charge in [0.25, 0.3) is 5.91 Å². The lowest BCUT2D eigenvalue weighted by Gasteiger charge is -2.12. The SMILES string of the molecule is Cc1ccc(NC(=O)c2ccc(S(=O)(=O)N(C)C)cc2)c(Cl)c1. The average Bonchev–Trinajstić information content (AvgIpc) is 2.50. The summed E-state index contributed by atoms with van der Waals surface area (Å²) in [5.41, 5.74) is 1.85. The molecule has 0 heterocycles. The topological polar surface area (TPSA) is 66.5 Å². The molecular weight excluding hydrogens is 336 g/mol. The Morgan fingerprint density at radius 2 is 1.70 bits per heavy atom. The Hall–Kier alpha value is -1.89. The van der Waals surface area contributed by atoms with Crippen LogP contribution in [0.1, 0.15) is 15.9 Å². The van der Waals surface area contributed by atoms with Crippen molar-refractivity contribution in [2.45, 2.75) is 11.8 Å². The molecule has 0 spiro atoms. The van der Waals surface area contributed by atoms with Crippen molar-refractivity contribution in [1.29, 1.82) is 0 Å². The molecule has 0 atom stereocenters. The van der Waals surface area contributed by atoms with Gasteiger partial charge >= 0.3 is 0 Å². The van der Waals surface area contributed by atoms with E-state index in [4.69, 9.17) is 11.6 Å². The molecule has 0 aliphatic heterocycles. The van der Waals surface area contributed by atoms with Gasteiger partial charge in [-0.3, -0.25) is 4.79 Å². The lowest BCUT2D eigenvalue weighted by Crippen LogP contribution is -2.22. The standard InChI is InChI=1S/C16H17ClN2O3S/c1-11-4-9-15(14(17)10-11)18-16(20)12-5-7-13(8-6-12)23(21,22)19(2)3/h4-10H,1-3H3,(H,18,20). The quantitative estimate of drug-likeness (QED) is 0.919. The zero-order valence-electron chi connectivity index (χ0n) is 13.0. The summed E-state index contributed by atoms with van der Waals surface area (Å²) < 4.78 is 25.1. The van der Waals surface area contributed by atoms with E-state index in [0.717, 1.165) is 9.87 Å². The second-order valence-electron chi connectivity index (χ2n) is 5.25. The smallest absolute Gasteiger partial charge is 0.255 e. The number of aryl methyl sites for hydroxylation is 1. The third-order valence-electron chi connectivity index (χ3n) is 3.27. The highest BCUT2D eigenvalue weighted by Crippen LogP contribution is 2.23. The number of amides is 1. The fourth-order valence-corrected chi connectivity index (χ4v) is 3.09. The summed E-state index contributed by atoms with van der Waals surface area (Å²) in [5, 5.41) is 3.15. The number of hydrogen-bond acceptors (Lipinski definition) is 3. The van der Waals surface area contributed by atoms with Gasteiger partial charge in [0.1, 0.15) is 0 Å². The van der Waals surface area contributed by atoms with Crippen LogP contribution in [0.15, 0.2) is 47.4 Å². The van der Waals surface area contributed by atoms with Crippen molar-refractivity contribution in [2.24, 2.45) is 0 Å². The minimum atomic E-state index is -3.51. The van der Waals surface area contributed by atoms with Crippen LogP contribution in [0.4, 0.5) is 5.69 Å². The first-order valence-electron chi connectivity index (χ1n) is 6.82. The number of carbonyl (C=O) groups excluding carboxylic acids is 1. The molecule has 0 bridgehead atoms. The number of sulfonamides is 1. The van der Waals surface area contributed by atoms with Gasteiger partial charge in [0.15, 0.2) is 0 Å². The Balaban J connectivity index is 2.21. The van der Waals surface area contributed by atoms with Crippen LogP contribution in [0.25, 0.3) is 0 Å². The number of nitrogens with zero attached hydrogens (tertiary/aromatic N) is 1. The van der Waals surface area contributed by atoms with Crippen molar-refractivity contribution in [3.63, 3.8) is 0 Å².